The van der Waals surface area contributed by atoms with E-state index in [0.717, 1.165) is 0 Å². The van der Waals surface area contributed by atoms with Crippen LogP contribution in [0, 0.1) is 5.82 Å². The SMILES string of the molecule is Fc1ccc(Br)cc1Oc1ncc(Cl)cn1. The van der Waals surface area contributed by atoms with Gasteiger partial charge in [0.25, 0.3) is 0 Å². The van der Waals surface area contributed by atoms with E-state index in [1.165, 1.54) is 24.5 Å². The van der Waals surface area contributed by atoms with Crippen LogP contribution in [0.1, 0.15) is 0 Å². The lowest BCUT2D eigenvalue weighted by Crippen LogP contribution is -1.93. The van der Waals surface area contributed by atoms with Gasteiger partial charge in [0, 0.05) is 4.47 Å². The number of hydrogen-bond acceptors (Lipinski definition) is 3. The molecule has 1 heterocycles. The highest BCUT2D eigenvalue weighted by Crippen LogP contribution is 2.25. The molecule has 0 aliphatic rings. The maximum absolute atomic E-state index is 13.3. The molecular weight excluding hydrogens is 298 g/mol. The molecule has 0 saturated carbocycles. The first kappa shape index (κ1) is 11.3. The lowest BCUT2D eigenvalue weighted by molar-refractivity contribution is 0.410. The first-order valence-corrected chi connectivity index (χ1v) is 5.43. The van der Waals surface area contributed by atoms with Crippen molar-refractivity contribution in [3.63, 3.8) is 0 Å². The molecule has 0 aliphatic carbocycles. The maximum Gasteiger partial charge on any atom is 0.322 e. The highest BCUT2D eigenvalue weighted by Gasteiger charge is 2.07. The molecule has 2 aromatic rings. The molecule has 0 N–H and O–H groups in total. The Balaban J connectivity index is 2.26. The van der Waals surface area contributed by atoms with Gasteiger partial charge >= 0.3 is 6.01 Å². The second-order valence-electron chi connectivity index (χ2n) is 2.86. The minimum Gasteiger partial charge on any atom is -0.421 e. The summed E-state index contributed by atoms with van der Waals surface area (Å²) in [5.74, 6) is -0.432. The van der Waals surface area contributed by atoms with Gasteiger partial charge in [0.15, 0.2) is 11.6 Å². The van der Waals surface area contributed by atoms with E-state index in [1.807, 2.05) is 0 Å². The lowest BCUT2D eigenvalue weighted by atomic mass is 10.3. The quantitative estimate of drug-likeness (QED) is 0.846. The van der Waals surface area contributed by atoms with Crippen molar-refractivity contribution < 1.29 is 9.13 Å². The molecule has 3 nitrogen and oxygen atoms in total. The normalized spacial score (nSPS) is 10.2. The minimum atomic E-state index is -0.484. The predicted molar refractivity (Wildman–Crippen MR) is 61.2 cm³/mol. The van der Waals surface area contributed by atoms with Crippen molar-refractivity contribution in [3.05, 3.63) is 45.9 Å². The Labute approximate surface area is 104 Å². The van der Waals surface area contributed by atoms with Gasteiger partial charge in [-0.15, -0.1) is 0 Å². The zero-order chi connectivity index (χ0) is 11.5. The third kappa shape index (κ3) is 2.68. The zero-order valence-corrected chi connectivity index (χ0v) is 10.2. The molecule has 0 unspecified atom stereocenters. The second-order valence-corrected chi connectivity index (χ2v) is 4.21. The molecule has 16 heavy (non-hydrogen) atoms. The molecular formula is C10H5BrClFN2O. The number of rotatable bonds is 2. The zero-order valence-electron chi connectivity index (χ0n) is 7.82. The Morgan fingerprint density at radius 2 is 1.94 bits per heavy atom. The molecule has 82 valence electrons. The predicted octanol–water partition coefficient (Wildman–Crippen LogP) is 3.82. The third-order valence-electron chi connectivity index (χ3n) is 1.69. The monoisotopic (exact) mass is 302 g/mol. The van der Waals surface area contributed by atoms with E-state index >= 15 is 0 Å². The highest BCUT2D eigenvalue weighted by atomic mass is 79.9. The van der Waals surface area contributed by atoms with Crippen molar-refractivity contribution in [3.8, 4) is 11.8 Å². The van der Waals surface area contributed by atoms with Crippen molar-refractivity contribution in [2.45, 2.75) is 0 Å². The van der Waals surface area contributed by atoms with Crippen LogP contribution in [-0.2, 0) is 0 Å². The molecule has 6 heteroatoms. The van der Waals surface area contributed by atoms with Gasteiger partial charge in [-0.05, 0) is 18.2 Å². The van der Waals surface area contributed by atoms with Gasteiger partial charge in [-0.2, -0.15) is 0 Å². The fourth-order valence-electron chi connectivity index (χ4n) is 1.01. The number of hydrogen-bond donors (Lipinski definition) is 0. The molecule has 0 amide bonds. The summed E-state index contributed by atoms with van der Waals surface area (Å²) < 4.78 is 19.2. The molecule has 2 rings (SSSR count). The summed E-state index contributed by atoms with van der Waals surface area (Å²) in [6, 6.07) is 4.40. The van der Waals surface area contributed by atoms with Crippen LogP contribution in [0.3, 0.4) is 0 Å². The van der Waals surface area contributed by atoms with Crippen molar-refractivity contribution >= 4 is 27.5 Å². The number of aromatic nitrogens is 2. The van der Waals surface area contributed by atoms with Crippen molar-refractivity contribution in [2.75, 3.05) is 0 Å². The fourth-order valence-corrected chi connectivity index (χ4v) is 1.44. The molecule has 0 spiro atoms. The van der Waals surface area contributed by atoms with Crippen LogP contribution in [0.4, 0.5) is 4.39 Å². The average molecular weight is 304 g/mol. The van der Waals surface area contributed by atoms with Gasteiger partial charge in [0.05, 0.1) is 17.4 Å². The molecule has 0 saturated heterocycles. The summed E-state index contributed by atoms with van der Waals surface area (Å²) >= 11 is 8.82. The molecule has 1 aromatic carbocycles. The lowest BCUT2D eigenvalue weighted by Gasteiger charge is -2.04. The fraction of sp³-hybridized carbons (Fsp3) is 0. The van der Waals surface area contributed by atoms with Crippen LogP contribution in [0.2, 0.25) is 5.02 Å². The van der Waals surface area contributed by atoms with Crippen LogP contribution in [0.5, 0.6) is 11.8 Å². The largest absolute Gasteiger partial charge is 0.421 e. The summed E-state index contributed by atoms with van der Waals surface area (Å²) in [7, 11) is 0. The number of halogens is 3. The molecule has 1 aromatic heterocycles. The van der Waals surface area contributed by atoms with E-state index in [4.69, 9.17) is 16.3 Å². The topological polar surface area (TPSA) is 35.0 Å². The van der Waals surface area contributed by atoms with Gasteiger partial charge in [-0.3, -0.25) is 0 Å². The first-order chi connectivity index (χ1) is 7.65. The van der Waals surface area contributed by atoms with E-state index in [9.17, 15) is 4.39 Å². The summed E-state index contributed by atoms with van der Waals surface area (Å²) in [6.45, 7) is 0. The standard InChI is InChI=1S/C10H5BrClFN2O/c11-6-1-2-8(13)9(3-6)16-10-14-4-7(12)5-15-10/h1-5H. The number of ether oxygens (including phenoxy) is 1. The van der Waals surface area contributed by atoms with Crippen molar-refractivity contribution in [2.24, 2.45) is 0 Å². The minimum absolute atomic E-state index is 0.0430. The average Bonchev–Trinajstić information content (AvgIpc) is 2.27. The van der Waals surface area contributed by atoms with E-state index < -0.39 is 5.82 Å². The summed E-state index contributed by atoms with van der Waals surface area (Å²) in [5.41, 5.74) is 0. The van der Waals surface area contributed by atoms with E-state index in [0.29, 0.717) is 9.50 Å². The van der Waals surface area contributed by atoms with E-state index in [2.05, 4.69) is 25.9 Å². The molecule has 0 bridgehead atoms. The number of benzene rings is 1. The Morgan fingerprint density at radius 1 is 1.25 bits per heavy atom. The Hall–Kier alpha value is -1.20. The number of nitrogens with zero attached hydrogens (tertiary/aromatic N) is 2. The summed E-state index contributed by atoms with van der Waals surface area (Å²) in [6.07, 6.45) is 2.75. The van der Waals surface area contributed by atoms with Gasteiger partial charge < -0.3 is 4.74 Å². The molecule has 0 atom stereocenters. The van der Waals surface area contributed by atoms with Crippen LogP contribution in [0.25, 0.3) is 0 Å². The van der Waals surface area contributed by atoms with Crippen molar-refractivity contribution in [1.82, 2.24) is 9.97 Å². The Bertz CT molecular complexity index is 507. The maximum atomic E-state index is 13.3. The molecule has 0 radical (unpaired) electrons. The van der Waals surface area contributed by atoms with Gasteiger partial charge in [0.1, 0.15) is 0 Å². The third-order valence-corrected chi connectivity index (χ3v) is 2.38. The molecule has 0 aliphatic heterocycles. The molecule has 0 fully saturated rings. The summed E-state index contributed by atoms with van der Waals surface area (Å²) in [4.78, 5) is 7.59. The smallest absolute Gasteiger partial charge is 0.322 e. The van der Waals surface area contributed by atoms with Crippen LogP contribution >= 0.6 is 27.5 Å². The van der Waals surface area contributed by atoms with Crippen molar-refractivity contribution in [1.29, 1.82) is 0 Å². The van der Waals surface area contributed by atoms with Gasteiger partial charge in [-0.25, -0.2) is 14.4 Å². The van der Waals surface area contributed by atoms with Gasteiger partial charge in [-0.1, -0.05) is 27.5 Å². The second kappa shape index (κ2) is 4.76. The van der Waals surface area contributed by atoms with E-state index in [-0.39, 0.29) is 11.8 Å². The van der Waals surface area contributed by atoms with Crippen LogP contribution in [-0.4, -0.2) is 9.97 Å². The Kier molecular flexibility index (Phi) is 3.36. The first-order valence-electron chi connectivity index (χ1n) is 4.25. The Morgan fingerprint density at radius 3 is 2.62 bits per heavy atom. The van der Waals surface area contributed by atoms with E-state index in [1.54, 1.807) is 6.07 Å². The van der Waals surface area contributed by atoms with Crippen LogP contribution < -0.4 is 4.74 Å². The van der Waals surface area contributed by atoms with Gasteiger partial charge in [0.2, 0.25) is 0 Å². The highest BCUT2D eigenvalue weighted by molar-refractivity contribution is 9.10. The summed E-state index contributed by atoms with van der Waals surface area (Å²) in [5, 5.41) is 0.391. The van der Waals surface area contributed by atoms with Crippen LogP contribution in [0.15, 0.2) is 35.1 Å².